The summed E-state index contributed by atoms with van der Waals surface area (Å²) in [6, 6.07) is -0.672. The Bertz CT molecular complexity index is 629. The summed E-state index contributed by atoms with van der Waals surface area (Å²) in [4.78, 5) is 3.55. The largest absolute Gasteiger partial charge is 0.334 e. The Morgan fingerprint density at radius 3 is 2.00 bits per heavy atom. The van der Waals surface area contributed by atoms with Gasteiger partial charge in [-0.25, -0.2) is 22.0 Å². The molecule has 4 nitrogen and oxygen atoms in total. The molecule has 0 spiro atoms. The average molecular weight is 293 g/mol. The smallest absolute Gasteiger partial charge is 0.264 e. The van der Waals surface area contributed by atoms with E-state index in [4.69, 9.17) is 5.73 Å². The summed E-state index contributed by atoms with van der Waals surface area (Å²) in [5, 5.41) is 3.34. The number of benzene rings is 1. The molecular weight excluding hydrogens is 285 g/mol. The van der Waals surface area contributed by atoms with Gasteiger partial charge in [-0.05, 0) is 6.42 Å². The van der Waals surface area contributed by atoms with Crippen LogP contribution >= 0.6 is 0 Å². The fourth-order valence-electron chi connectivity index (χ4n) is 1.46. The molecular formula is C11H8F5N3O. The van der Waals surface area contributed by atoms with Crippen molar-refractivity contribution < 1.29 is 26.5 Å². The predicted octanol–water partition coefficient (Wildman–Crippen LogP) is 2.84. The minimum absolute atomic E-state index is 0.0913. The second-order valence-corrected chi connectivity index (χ2v) is 3.92. The van der Waals surface area contributed by atoms with Gasteiger partial charge in [0, 0.05) is 0 Å². The van der Waals surface area contributed by atoms with Crippen LogP contribution in [0.25, 0.3) is 11.5 Å². The third-order valence-electron chi connectivity index (χ3n) is 2.64. The van der Waals surface area contributed by atoms with E-state index < -0.39 is 46.6 Å². The topological polar surface area (TPSA) is 64.9 Å². The van der Waals surface area contributed by atoms with Crippen LogP contribution in [0.1, 0.15) is 25.2 Å². The zero-order chi connectivity index (χ0) is 15.0. The number of nitrogens with two attached hydrogens (primary N) is 1. The first-order chi connectivity index (χ1) is 9.38. The first kappa shape index (κ1) is 14.4. The van der Waals surface area contributed by atoms with E-state index in [2.05, 4.69) is 14.7 Å². The highest BCUT2D eigenvalue weighted by molar-refractivity contribution is 5.55. The number of aromatic nitrogens is 2. The standard InChI is InChI=1S/C11H8F5N3O/c1-2-3(17)10-18-11(20-19-10)4-5(12)7(14)9(16)8(15)6(4)13/h3H,2,17H2,1H3. The summed E-state index contributed by atoms with van der Waals surface area (Å²) in [5.41, 5.74) is 4.29. The van der Waals surface area contributed by atoms with Crippen molar-refractivity contribution >= 4 is 0 Å². The quantitative estimate of drug-likeness (QED) is 0.537. The van der Waals surface area contributed by atoms with E-state index in [9.17, 15) is 22.0 Å². The van der Waals surface area contributed by atoms with Gasteiger partial charge in [-0.3, -0.25) is 0 Å². The molecule has 1 aromatic heterocycles. The lowest BCUT2D eigenvalue weighted by molar-refractivity contribution is 0.371. The first-order valence-corrected chi connectivity index (χ1v) is 5.49. The van der Waals surface area contributed by atoms with E-state index in [1.165, 1.54) is 0 Å². The van der Waals surface area contributed by atoms with Crippen LogP contribution in [0.4, 0.5) is 22.0 Å². The third-order valence-corrected chi connectivity index (χ3v) is 2.64. The lowest BCUT2D eigenvalue weighted by Gasteiger charge is -2.04. The molecule has 0 amide bonds. The van der Waals surface area contributed by atoms with Crippen LogP contribution in [0, 0.1) is 29.1 Å². The first-order valence-electron chi connectivity index (χ1n) is 5.49. The summed E-state index contributed by atoms with van der Waals surface area (Å²) in [5.74, 6) is -11.4. The molecule has 2 rings (SSSR count). The van der Waals surface area contributed by atoms with Gasteiger partial charge in [-0.2, -0.15) is 4.98 Å². The Kier molecular flexibility index (Phi) is 3.71. The Hall–Kier alpha value is -2.03. The van der Waals surface area contributed by atoms with E-state index in [1.807, 2.05) is 0 Å². The molecule has 0 aliphatic carbocycles. The molecule has 2 N–H and O–H groups in total. The summed E-state index contributed by atoms with van der Waals surface area (Å²) >= 11 is 0. The molecule has 0 saturated heterocycles. The molecule has 1 heterocycles. The summed E-state index contributed by atoms with van der Waals surface area (Å²) in [6.07, 6.45) is 0.399. The molecule has 2 aromatic rings. The molecule has 20 heavy (non-hydrogen) atoms. The van der Waals surface area contributed by atoms with Crippen LogP contribution in [0.2, 0.25) is 0 Å². The van der Waals surface area contributed by atoms with Crippen LogP contribution in [0.15, 0.2) is 4.52 Å². The van der Waals surface area contributed by atoms with Crippen LogP contribution in [0.5, 0.6) is 0 Å². The normalized spacial score (nSPS) is 12.8. The van der Waals surface area contributed by atoms with Crippen molar-refractivity contribution in [3.8, 4) is 11.5 Å². The Balaban J connectivity index is 2.61. The zero-order valence-electron chi connectivity index (χ0n) is 10.1. The molecule has 0 saturated carbocycles. The zero-order valence-corrected chi connectivity index (χ0v) is 10.1. The molecule has 0 radical (unpaired) electrons. The number of hydrogen-bond donors (Lipinski definition) is 1. The lowest BCUT2D eigenvalue weighted by Crippen LogP contribution is -2.10. The fraction of sp³-hybridized carbons (Fsp3) is 0.273. The number of rotatable bonds is 3. The molecule has 0 fully saturated rings. The summed E-state index contributed by atoms with van der Waals surface area (Å²) in [7, 11) is 0. The monoisotopic (exact) mass is 293 g/mol. The summed E-state index contributed by atoms with van der Waals surface area (Å²) < 4.78 is 70.5. The molecule has 0 aliphatic heterocycles. The van der Waals surface area contributed by atoms with Gasteiger partial charge < -0.3 is 10.3 Å². The molecule has 1 aromatic carbocycles. The van der Waals surface area contributed by atoms with Gasteiger partial charge in [-0.1, -0.05) is 12.1 Å². The van der Waals surface area contributed by atoms with Crippen LogP contribution in [0.3, 0.4) is 0 Å². The number of nitrogens with zero attached hydrogens (tertiary/aromatic N) is 2. The van der Waals surface area contributed by atoms with Gasteiger partial charge >= 0.3 is 0 Å². The van der Waals surface area contributed by atoms with Crippen LogP contribution in [-0.2, 0) is 0 Å². The van der Waals surface area contributed by atoms with Crippen molar-refractivity contribution in [1.29, 1.82) is 0 Å². The van der Waals surface area contributed by atoms with E-state index in [0.717, 1.165) is 0 Å². The third kappa shape index (κ3) is 2.13. The molecule has 108 valence electrons. The maximum absolute atomic E-state index is 13.5. The highest BCUT2D eigenvalue weighted by Crippen LogP contribution is 2.30. The second-order valence-electron chi connectivity index (χ2n) is 3.92. The maximum atomic E-state index is 13.5. The second kappa shape index (κ2) is 5.16. The van der Waals surface area contributed by atoms with E-state index in [1.54, 1.807) is 6.92 Å². The van der Waals surface area contributed by atoms with Gasteiger partial charge in [0.1, 0.15) is 5.56 Å². The summed E-state index contributed by atoms with van der Waals surface area (Å²) in [6.45, 7) is 1.69. The highest BCUT2D eigenvalue weighted by atomic mass is 19.2. The van der Waals surface area contributed by atoms with Gasteiger partial charge in [0.15, 0.2) is 29.1 Å². The van der Waals surface area contributed by atoms with Gasteiger partial charge in [0.2, 0.25) is 5.82 Å². The van der Waals surface area contributed by atoms with E-state index in [-0.39, 0.29) is 5.82 Å². The molecule has 9 heteroatoms. The van der Waals surface area contributed by atoms with Crippen molar-refractivity contribution in [3.05, 3.63) is 34.9 Å². The minimum Gasteiger partial charge on any atom is -0.334 e. The lowest BCUT2D eigenvalue weighted by atomic mass is 10.1. The van der Waals surface area contributed by atoms with Crippen molar-refractivity contribution in [1.82, 2.24) is 10.1 Å². The van der Waals surface area contributed by atoms with E-state index in [0.29, 0.717) is 6.42 Å². The van der Waals surface area contributed by atoms with Gasteiger partial charge in [0.25, 0.3) is 5.89 Å². The Labute approximate surface area is 109 Å². The van der Waals surface area contributed by atoms with Gasteiger partial charge in [0.05, 0.1) is 6.04 Å². The molecule has 0 aliphatic rings. The van der Waals surface area contributed by atoms with Crippen molar-refractivity contribution in [2.75, 3.05) is 0 Å². The predicted molar refractivity (Wildman–Crippen MR) is 56.7 cm³/mol. The van der Waals surface area contributed by atoms with Gasteiger partial charge in [-0.15, -0.1) is 0 Å². The van der Waals surface area contributed by atoms with Crippen molar-refractivity contribution in [3.63, 3.8) is 0 Å². The Morgan fingerprint density at radius 2 is 1.50 bits per heavy atom. The van der Waals surface area contributed by atoms with Crippen LogP contribution < -0.4 is 5.73 Å². The molecule has 0 bridgehead atoms. The fourth-order valence-corrected chi connectivity index (χ4v) is 1.46. The van der Waals surface area contributed by atoms with Crippen molar-refractivity contribution in [2.24, 2.45) is 5.73 Å². The average Bonchev–Trinajstić information content (AvgIpc) is 2.92. The number of hydrogen-bond acceptors (Lipinski definition) is 4. The number of halogens is 5. The van der Waals surface area contributed by atoms with Crippen LogP contribution in [-0.4, -0.2) is 10.1 Å². The molecule has 1 atom stereocenters. The molecule has 1 unspecified atom stereocenters. The van der Waals surface area contributed by atoms with E-state index >= 15 is 0 Å². The SMILES string of the molecule is CCC(N)c1noc(-c2c(F)c(F)c(F)c(F)c2F)n1. The minimum atomic E-state index is -2.26. The maximum Gasteiger partial charge on any atom is 0.264 e. The van der Waals surface area contributed by atoms with Crippen molar-refractivity contribution in [2.45, 2.75) is 19.4 Å². The Morgan fingerprint density at radius 1 is 1.00 bits per heavy atom. The highest BCUT2D eigenvalue weighted by Gasteiger charge is 2.30.